The van der Waals surface area contributed by atoms with Crippen LogP contribution in [0.5, 0.6) is 0 Å². The quantitative estimate of drug-likeness (QED) is 0.669. The van der Waals surface area contributed by atoms with Gasteiger partial charge in [0.05, 0.1) is 19.6 Å². The van der Waals surface area contributed by atoms with Gasteiger partial charge in [-0.15, -0.1) is 0 Å². The molecule has 82 valence electrons. The smallest absolute Gasteiger partial charge is 0.305 e. The molecule has 2 atom stereocenters. The summed E-state index contributed by atoms with van der Waals surface area (Å²) in [4.78, 5) is 12.5. The Hall–Kier alpha value is -0.610. The fraction of sp³-hybridized carbons (Fsp3) is 0.900. The number of hydrogen-bond acceptors (Lipinski definition) is 3. The van der Waals surface area contributed by atoms with Crippen molar-refractivity contribution in [2.24, 2.45) is 5.92 Å². The molecule has 4 nitrogen and oxygen atoms in total. The Morgan fingerprint density at radius 2 is 2.36 bits per heavy atom. The topological polar surface area (TPSA) is 49.8 Å². The van der Waals surface area contributed by atoms with Crippen LogP contribution in [0.4, 0.5) is 0 Å². The number of carboxylic acids is 1. The molecule has 1 rings (SSSR count). The van der Waals surface area contributed by atoms with Crippen molar-refractivity contribution in [1.82, 2.24) is 4.90 Å². The van der Waals surface area contributed by atoms with Crippen LogP contribution in [-0.2, 0) is 9.53 Å². The molecule has 0 aromatic carbocycles. The van der Waals surface area contributed by atoms with Crippen molar-refractivity contribution in [3.05, 3.63) is 0 Å². The predicted molar refractivity (Wildman–Crippen MR) is 53.3 cm³/mol. The Bertz CT molecular complexity index is 196. The highest BCUT2D eigenvalue weighted by Crippen LogP contribution is 2.20. The van der Waals surface area contributed by atoms with Gasteiger partial charge in [0.1, 0.15) is 0 Å². The van der Waals surface area contributed by atoms with Gasteiger partial charge in [-0.25, -0.2) is 0 Å². The molecule has 1 fully saturated rings. The Kier molecular flexibility index (Phi) is 4.35. The maximum Gasteiger partial charge on any atom is 0.305 e. The Morgan fingerprint density at radius 1 is 1.64 bits per heavy atom. The SMILES string of the molecule is C[C@@H]1C[C@@H](COCCC(=O)O)N(C)C1. The maximum atomic E-state index is 10.2. The van der Waals surface area contributed by atoms with Gasteiger partial charge in [-0.1, -0.05) is 6.92 Å². The van der Waals surface area contributed by atoms with Crippen LogP contribution in [0.1, 0.15) is 19.8 Å². The highest BCUT2D eigenvalue weighted by molar-refractivity contribution is 5.66. The first-order chi connectivity index (χ1) is 6.59. The molecule has 0 radical (unpaired) electrons. The third-order valence-corrected chi connectivity index (χ3v) is 2.67. The molecule has 1 saturated heterocycles. The minimum absolute atomic E-state index is 0.103. The molecular weight excluding hydrogens is 182 g/mol. The molecule has 1 N–H and O–H groups in total. The van der Waals surface area contributed by atoms with Crippen molar-refractivity contribution in [2.75, 3.05) is 26.8 Å². The maximum absolute atomic E-state index is 10.2. The van der Waals surface area contributed by atoms with Crippen LogP contribution in [0.25, 0.3) is 0 Å². The van der Waals surface area contributed by atoms with Gasteiger partial charge < -0.3 is 14.7 Å². The summed E-state index contributed by atoms with van der Waals surface area (Å²) in [5, 5.41) is 8.41. The molecule has 0 bridgehead atoms. The normalized spacial score (nSPS) is 28.1. The third-order valence-electron chi connectivity index (χ3n) is 2.67. The lowest BCUT2D eigenvalue weighted by atomic mass is 10.1. The van der Waals surface area contributed by atoms with E-state index in [9.17, 15) is 4.79 Å². The molecule has 4 heteroatoms. The van der Waals surface area contributed by atoms with Crippen LogP contribution >= 0.6 is 0 Å². The average molecular weight is 201 g/mol. The van der Waals surface area contributed by atoms with Gasteiger partial charge >= 0.3 is 5.97 Å². The van der Waals surface area contributed by atoms with Crippen molar-refractivity contribution in [1.29, 1.82) is 0 Å². The van der Waals surface area contributed by atoms with Gasteiger partial charge in [0.15, 0.2) is 0 Å². The van der Waals surface area contributed by atoms with Crippen LogP contribution in [0.15, 0.2) is 0 Å². The second-order valence-electron chi connectivity index (χ2n) is 4.15. The zero-order valence-corrected chi connectivity index (χ0v) is 8.90. The van der Waals surface area contributed by atoms with E-state index in [1.165, 1.54) is 0 Å². The second kappa shape index (κ2) is 5.32. The number of nitrogens with zero attached hydrogens (tertiary/aromatic N) is 1. The zero-order chi connectivity index (χ0) is 10.6. The van der Waals surface area contributed by atoms with Gasteiger partial charge in [-0.3, -0.25) is 4.79 Å². The standard InChI is InChI=1S/C10H19NO3/c1-8-5-9(11(2)6-8)7-14-4-3-10(12)13/h8-9H,3-7H2,1-2H3,(H,12,13)/t8-,9+/m1/s1. The van der Waals surface area contributed by atoms with Crippen LogP contribution < -0.4 is 0 Å². The first-order valence-corrected chi connectivity index (χ1v) is 5.09. The number of likely N-dealkylation sites (tertiary alicyclic amines) is 1. The lowest BCUT2D eigenvalue weighted by Gasteiger charge is -2.18. The molecule has 0 saturated carbocycles. The molecule has 0 aromatic rings. The number of carboxylic acid groups (broad SMARTS) is 1. The van der Waals surface area contributed by atoms with Crippen LogP contribution in [0.2, 0.25) is 0 Å². The Labute approximate surface area is 84.8 Å². The van der Waals surface area contributed by atoms with Crippen molar-refractivity contribution >= 4 is 5.97 Å². The molecule has 1 aliphatic rings. The lowest BCUT2D eigenvalue weighted by Crippen LogP contribution is -2.29. The van der Waals surface area contributed by atoms with E-state index in [2.05, 4.69) is 18.9 Å². The summed E-state index contributed by atoms with van der Waals surface area (Å²) < 4.78 is 5.32. The number of likely N-dealkylation sites (N-methyl/N-ethyl adjacent to an activating group) is 1. The summed E-state index contributed by atoms with van der Waals surface area (Å²) >= 11 is 0. The van der Waals surface area contributed by atoms with E-state index in [0.717, 1.165) is 18.9 Å². The monoisotopic (exact) mass is 201 g/mol. The van der Waals surface area contributed by atoms with Crippen molar-refractivity contribution in [3.63, 3.8) is 0 Å². The summed E-state index contributed by atoms with van der Waals surface area (Å²) in [7, 11) is 2.09. The molecule has 14 heavy (non-hydrogen) atoms. The molecule has 0 aromatic heterocycles. The minimum atomic E-state index is -0.793. The van der Waals surface area contributed by atoms with Gasteiger partial charge in [-0.2, -0.15) is 0 Å². The Balaban J connectivity index is 2.09. The van der Waals surface area contributed by atoms with Crippen LogP contribution in [0, 0.1) is 5.92 Å². The number of aliphatic carboxylic acids is 1. The predicted octanol–water partition coefficient (Wildman–Crippen LogP) is 0.818. The highest BCUT2D eigenvalue weighted by atomic mass is 16.5. The second-order valence-corrected chi connectivity index (χ2v) is 4.15. The summed E-state index contributed by atoms with van der Waals surface area (Å²) in [5.41, 5.74) is 0. The summed E-state index contributed by atoms with van der Waals surface area (Å²) in [6, 6.07) is 0.471. The fourth-order valence-corrected chi connectivity index (χ4v) is 1.93. The van der Waals surface area contributed by atoms with E-state index < -0.39 is 5.97 Å². The van der Waals surface area contributed by atoms with E-state index in [1.807, 2.05) is 0 Å². The van der Waals surface area contributed by atoms with E-state index in [4.69, 9.17) is 9.84 Å². The summed E-state index contributed by atoms with van der Waals surface area (Å²) in [6.45, 7) is 4.34. The lowest BCUT2D eigenvalue weighted by molar-refractivity contribution is -0.138. The van der Waals surface area contributed by atoms with E-state index >= 15 is 0 Å². The van der Waals surface area contributed by atoms with E-state index in [-0.39, 0.29) is 6.42 Å². The first kappa shape index (κ1) is 11.5. The molecule has 1 aliphatic heterocycles. The molecule has 0 spiro atoms. The van der Waals surface area contributed by atoms with Gasteiger partial charge in [0.25, 0.3) is 0 Å². The van der Waals surface area contributed by atoms with Crippen molar-refractivity contribution < 1.29 is 14.6 Å². The Morgan fingerprint density at radius 3 is 2.86 bits per heavy atom. The average Bonchev–Trinajstić information content (AvgIpc) is 2.39. The van der Waals surface area contributed by atoms with Crippen molar-refractivity contribution in [3.8, 4) is 0 Å². The third kappa shape index (κ3) is 3.64. The van der Waals surface area contributed by atoms with E-state index in [1.54, 1.807) is 0 Å². The summed E-state index contributed by atoms with van der Waals surface area (Å²) in [5.74, 6) is -0.0637. The van der Waals surface area contributed by atoms with E-state index in [0.29, 0.717) is 19.3 Å². The van der Waals surface area contributed by atoms with Gasteiger partial charge in [0.2, 0.25) is 0 Å². The summed E-state index contributed by atoms with van der Waals surface area (Å²) in [6.07, 6.45) is 1.26. The molecule has 0 aliphatic carbocycles. The number of hydrogen-bond donors (Lipinski definition) is 1. The molecular formula is C10H19NO3. The van der Waals surface area contributed by atoms with Gasteiger partial charge in [-0.05, 0) is 19.4 Å². The highest BCUT2D eigenvalue weighted by Gasteiger charge is 2.26. The fourth-order valence-electron chi connectivity index (χ4n) is 1.93. The number of carbonyl (C=O) groups is 1. The van der Waals surface area contributed by atoms with Gasteiger partial charge in [0, 0.05) is 12.6 Å². The minimum Gasteiger partial charge on any atom is -0.481 e. The first-order valence-electron chi connectivity index (χ1n) is 5.09. The number of ether oxygens (including phenoxy) is 1. The zero-order valence-electron chi connectivity index (χ0n) is 8.90. The largest absolute Gasteiger partial charge is 0.481 e. The van der Waals surface area contributed by atoms with Crippen molar-refractivity contribution in [2.45, 2.75) is 25.8 Å². The molecule has 1 heterocycles. The molecule has 0 amide bonds. The molecule has 0 unspecified atom stereocenters. The van der Waals surface area contributed by atoms with Crippen LogP contribution in [-0.4, -0.2) is 48.8 Å². The van der Waals surface area contributed by atoms with Crippen LogP contribution in [0.3, 0.4) is 0 Å². The number of rotatable bonds is 5.